The van der Waals surface area contributed by atoms with Crippen molar-refractivity contribution in [3.8, 4) is 0 Å². The first kappa shape index (κ1) is 8.97. The molecule has 0 amide bonds. The van der Waals surface area contributed by atoms with E-state index in [1.807, 2.05) is 12.1 Å². The third-order valence-corrected chi connectivity index (χ3v) is 5.19. The minimum atomic E-state index is 1.03. The van der Waals surface area contributed by atoms with Gasteiger partial charge in [-0.15, -0.1) is 0 Å². The standard InChI is InChI=1S/C6H2Br3Si/c7-3-1-2-4(10)6(9)5(3)8/h1-2H. The summed E-state index contributed by atoms with van der Waals surface area (Å²) in [7, 11) is 3.43. The summed E-state index contributed by atoms with van der Waals surface area (Å²) < 4.78 is 3.10. The summed E-state index contributed by atoms with van der Waals surface area (Å²) in [6.45, 7) is 0. The van der Waals surface area contributed by atoms with E-state index in [0.717, 1.165) is 18.6 Å². The van der Waals surface area contributed by atoms with Crippen LogP contribution in [-0.2, 0) is 0 Å². The fraction of sp³-hybridized carbons (Fsp3) is 0. The largest absolute Gasteiger partial charge is 0.0728 e. The topological polar surface area (TPSA) is 0 Å². The van der Waals surface area contributed by atoms with Gasteiger partial charge in [-0.1, -0.05) is 11.3 Å². The van der Waals surface area contributed by atoms with Gasteiger partial charge in [0.25, 0.3) is 0 Å². The molecule has 0 aromatic heterocycles. The van der Waals surface area contributed by atoms with Gasteiger partial charge in [-0.05, 0) is 53.9 Å². The van der Waals surface area contributed by atoms with Crippen LogP contribution >= 0.6 is 47.8 Å². The maximum absolute atomic E-state index is 3.43. The summed E-state index contributed by atoms with van der Waals surface area (Å²) in [6.07, 6.45) is 0. The summed E-state index contributed by atoms with van der Waals surface area (Å²) in [6, 6.07) is 3.94. The third kappa shape index (κ3) is 1.72. The molecule has 1 aromatic carbocycles. The molecular formula is C6H2Br3Si. The number of hydrogen-bond donors (Lipinski definition) is 0. The van der Waals surface area contributed by atoms with Crippen molar-refractivity contribution in [3.05, 3.63) is 25.6 Å². The molecule has 0 nitrogen and oxygen atoms in total. The Balaban J connectivity index is 3.34. The van der Waals surface area contributed by atoms with Crippen LogP contribution in [0, 0.1) is 0 Å². The zero-order valence-electron chi connectivity index (χ0n) is 4.79. The highest BCUT2D eigenvalue weighted by Gasteiger charge is 2.02. The molecule has 0 saturated heterocycles. The quantitative estimate of drug-likeness (QED) is 0.503. The maximum Gasteiger partial charge on any atom is 0.0728 e. The molecule has 0 bridgehead atoms. The van der Waals surface area contributed by atoms with Crippen LogP contribution < -0.4 is 5.19 Å². The second-order valence-corrected chi connectivity index (χ2v) is 4.70. The molecule has 0 saturated carbocycles. The van der Waals surface area contributed by atoms with Crippen molar-refractivity contribution in [1.29, 1.82) is 0 Å². The van der Waals surface area contributed by atoms with Gasteiger partial charge in [-0.2, -0.15) is 0 Å². The number of benzene rings is 1. The van der Waals surface area contributed by atoms with Crippen LogP contribution in [0.2, 0.25) is 0 Å². The molecule has 0 atom stereocenters. The Hall–Kier alpha value is 0.877. The van der Waals surface area contributed by atoms with Crippen LogP contribution in [0.3, 0.4) is 0 Å². The Bertz CT molecular complexity index is 232. The first-order valence-corrected chi connectivity index (χ1v) is 5.36. The van der Waals surface area contributed by atoms with E-state index in [1.54, 1.807) is 0 Å². The molecule has 0 spiro atoms. The molecule has 1 aromatic rings. The number of hydrogen-bond acceptors (Lipinski definition) is 0. The molecule has 3 radical (unpaired) electrons. The monoisotopic (exact) mass is 339 g/mol. The minimum absolute atomic E-state index is 1.03. The van der Waals surface area contributed by atoms with E-state index < -0.39 is 0 Å². The predicted molar refractivity (Wildman–Crippen MR) is 54.9 cm³/mol. The second-order valence-electron chi connectivity index (χ2n) is 1.72. The van der Waals surface area contributed by atoms with Crippen LogP contribution in [0.1, 0.15) is 0 Å². The van der Waals surface area contributed by atoms with Gasteiger partial charge in [-0.3, -0.25) is 0 Å². The van der Waals surface area contributed by atoms with Gasteiger partial charge in [0.05, 0.1) is 10.2 Å². The molecule has 1 rings (SSSR count). The zero-order chi connectivity index (χ0) is 7.72. The number of rotatable bonds is 0. The van der Waals surface area contributed by atoms with Gasteiger partial charge in [-0.25, -0.2) is 0 Å². The van der Waals surface area contributed by atoms with Gasteiger partial charge >= 0.3 is 0 Å². The van der Waals surface area contributed by atoms with E-state index in [4.69, 9.17) is 0 Å². The summed E-state index contributed by atoms with van der Waals surface area (Å²) in [5.41, 5.74) is 0. The molecule has 0 aliphatic carbocycles. The summed E-state index contributed by atoms with van der Waals surface area (Å²) in [5.74, 6) is 0. The lowest BCUT2D eigenvalue weighted by atomic mass is 10.4. The van der Waals surface area contributed by atoms with Gasteiger partial charge in [0.2, 0.25) is 0 Å². The molecular weight excluding hydrogens is 340 g/mol. The fourth-order valence-corrected chi connectivity index (χ4v) is 2.21. The average molecular weight is 342 g/mol. The molecule has 0 N–H and O–H groups in total. The van der Waals surface area contributed by atoms with E-state index in [0.29, 0.717) is 0 Å². The maximum atomic E-state index is 3.43. The predicted octanol–water partition coefficient (Wildman–Crippen LogP) is 2.77. The average Bonchev–Trinajstić information content (AvgIpc) is 1.93. The normalized spacial score (nSPS) is 10.0. The van der Waals surface area contributed by atoms with Crippen molar-refractivity contribution in [2.75, 3.05) is 0 Å². The Morgan fingerprint density at radius 2 is 1.60 bits per heavy atom. The van der Waals surface area contributed by atoms with E-state index in [9.17, 15) is 0 Å². The molecule has 4 heteroatoms. The Morgan fingerprint density at radius 1 is 1.00 bits per heavy atom. The lowest BCUT2D eigenvalue weighted by Crippen LogP contribution is -2.03. The fourth-order valence-electron chi connectivity index (χ4n) is 0.526. The molecule has 51 valence electrons. The van der Waals surface area contributed by atoms with E-state index in [-0.39, 0.29) is 0 Å². The van der Waals surface area contributed by atoms with E-state index >= 15 is 0 Å². The summed E-state index contributed by atoms with van der Waals surface area (Å²) >= 11 is 10.2. The highest BCUT2D eigenvalue weighted by molar-refractivity contribution is 9.14. The second kappa shape index (κ2) is 3.52. The van der Waals surface area contributed by atoms with Gasteiger partial charge in [0.1, 0.15) is 0 Å². The zero-order valence-corrected chi connectivity index (χ0v) is 10.5. The molecule has 0 aliphatic heterocycles. The highest BCUT2D eigenvalue weighted by atomic mass is 79.9. The van der Waals surface area contributed by atoms with Crippen molar-refractivity contribution in [2.24, 2.45) is 0 Å². The van der Waals surface area contributed by atoms with E-state index in [2.05, 4.69) is 58.0 Å². The van der Waals surface area contributed by atoms with E-state index in [1.165, 1.54) is 0 Å². The van der Waals surface area contributed by atoms with Gasteiger partial charge in [0.15, 0.2) is 0 Å². The lowest BCUT2D eigenvalue weighted by Gasteiger charge is -2.01. The van der Waals surface area contributed by atoms with Crippen molar-refractivity contribution in [3.63, 3.8) is 0 Å². The molecule has 0 fully saturated rings. The Labute approximate surface area is 88.2 Å². The summed E-state index contributed by atoms with van der Waals surface area (Å²) in [4.78, 5) is 0. The molecule has 0 heterocycles. The minimum Gasteiger partial charge on any atom is -0.0615 e. The van der Waals surface area contributed by atoms with Crippen molar-refractivity contribution < 1.29 is 0 Å². The van der Waals surface area contributed by atoms with Crippen molar-refractivity contribution in [1.82, 2.24) is 0 Å². The van der Waals surface area contributed by atoms with Crippen LogP contribution in [-0.4, -0.2) is 10.2 Å². The van der Waals surface area contributed by atoms with Gasteiger partial charge < -0.3 is 0 Å². The van der Waals surface area contributed by atoms with Crippen molar-refractivity contribution in [2.45, 2.75) is 0 Å². The van der Waals surface area contributed by atoms with Crippen LogP contribution in [0.25, 0.3) is 0 Å². The summed E-state index contributed by atoms with van der Waals surface area (Å²) in [5, 5.41) is 1.04. The molecule has 0 aliphatic rings. The lowest BCUT2D eigenvalue weighted by molar-refractivity contribution is 1.58. The Morgan fingerprint density at radius 3 is 2.10 bits per heavy atom. The van der Waals surface area contributed by atoms with Crippen LogP contribution in [0.5, 0.6) is 0 Å². The Kier molecular flexibility index (Phi) is 3.15. The van der Waals surface area contributed by atoms with Gasteiger partial charge in [0, 0.05) is 13.4 Å². The number of halogens is 3. The van der Waals surface area contributed by atoms with Crippen molar-refractivity contribution >= 4 is 63.2 Å². The van der Waals surface area contributed by atoms with Crippen LogP contribution in [0.4, 0.5) is 0 Å². The first-order chi connectivity index (χ1) is 4.63. The highest BCUT2D eigenvalue weighted by Crippen LogP contribution is 2.28. The SMILES string of the molecule is [Si]c1ccc(Br)c(Br)c1Br. The first-order valence-electron chi connectivity index (χ1n) is 2.48. The smallest absolute Gasteiger partial charge is 0.0615 e. The molecule has 10 heavy (non-hydrogen) atoms. The van der Waals surface area contributed by atoms with Crippen LogP contribution in [0.15, 0.2) is 25.6 Å². The third-order valence-electron chi connectivity index (χ3n) is 1.04. The molecule has 0 unspecified atom stereocenters.